The van der Waals surface area contributed by atoms with E-state index in [1.165, 1.54) is 13.2 Å². The molecule has 0 unspecified atom stereocenters. The second kappa shape index (κ2) is 15.1. The normalized spacial score (nSPS) is 6.31. The van der Waals surface area contributed by atoms with Gasteiger partial charge in [0.1, 0.15) is 0 Å². The number of rotatable bonds is 2. The number of allylic oxidation sites excluding steroid dienone is 1. The van der Waals surface area contributed by atoms with Crippen LogP contribution in [0.1, 0.15) is 6.92 Å². The van der Waals surface area contributed by atoms with Gasteiger partial charge in [0.15, 0.2) is 0 Å². The van der Waals surface area contributed by atoms with E-state index in [0.29, 0.717) is 5.57 Å². The van der Waals surface area contributed by atoms with E-state index in [1.54, 1.807) is 13.0 Å². The minimum Gasteiger partial charge on any atom is -0.478 e. The van der Waals surface area contributed by atoms with Crippen LogP contribution < -0.4 is 0 Å². The Balaban J connectivity index is -0.000000166. The van der Waals surface area contributed by atoms with Crippen LogP contribution in [0.25, 0.3) is 0 Å². The second-order valence-corrected chi connectivity index (χ2v) is 2.15. The zero-order valence-corrected chi connectivity index (χ0v) is 9.40. The van der Waals surface area contributed by atoms with Crippen molar-refractivity contribution in [3.05, 3.63) is 37.5 Å². The van der Waals surface area contributed by atoms with Crippen LogP contribution in [0.5, 0.6) is 0 Å². The average molecular weight is 225 g/mol. The summed E-state index contributed by atoms with van der Waals surface area (Å²) in [6.45, 7) is 11.0. The van der Waals surface area contributed by atoms with Crippen LogP contribution in [-0.2, 0) is 14.3 Å². The Kier molecular flexibility index (Phi) is 18.2. The predicted molar refractivity (Wildman–Crippen MR) is 60.5 cm³/mol. The van der Waals surface area contributed by atoms with Crippen molar-refractivity contribution in [3.8, 4) is 6.07 Å². The van der Waals surface area contributed by atoms with Gasteiger partial charge in [0.25, 0.3) is 0 Å². The van der Waals surface area contributed by atoms with Gasteiger partial charge in [-0.1, -0.05) is 19.7 Å². The number of nitriles is 1. The van der Waals surface area contributed by atoms with Gasteiger partial charge in [0, 0.05) is 17.7 Å². The van der Waals surface area contributed by atoms with Gasteiger partial charge < -0.3 is 9.84 Å². The number of carboxylic acids is 1. The van der Waals surface area contributed by atoms with Gasteiger partial charge >= 0.3 is 11.9 Å². The molecule has 0 amide bonds. The molecule has 0 bridgehead atoms. The molecule has 0 saturated heterocycles. The van der Waals surface area contributed by atoms with E-state index < -0.39 is 5.97 Å². The summed E-state index contributed by atoms with van der Waals surface area (Å²) in [6.07, 6.45) is 2.01. The molecule has 0 radical (unpaired) electrons. The van der Waals surface area contributed by atoms with Gasteiger partial charge in [-0.3, -0.25) is 0 Å². The second-order valence-electron chi connectivity index (χ2n) is 2.15. The van der Waals surface area contributed by atoms with Crippen LogP contribution in [0.15, 0.2) is 37.5 Å². The lowest BCUT2D eigenvalue weighted by molar-refractivity contribution is -0.136. The Hall–Kier alpha value is -2.35. The molecule has 0 aliphatic heterocycles. The first-order valence-electron chi connectivity index (χ1n) is 3.97. The fourth-order valence-corrected chi connectivity index (χ4v) is 0.174. The topological polar surface area (TPSA) is 87.4 Å². The molecule has 0 aromatic carbocycles. The number of hydrogen-bond acceptors (Lipinski definition) is 4. The summed E-state index contributed by atoms with van der Waals surface area (Å²) in [4.78, 5) is 19.4. The molecule has 88 valence electrons. The lowest BCUT2D eigenvalue weighted by Crippen LogP contribution is -1.98. The highest BCUT2D eigenvalue weighted by Crippen LogP contribution is 1.87. The maximum atomic E-state index is 10.2. The third-order valence-electron chi connectivity index (χ3n) is 0.800. The minimum absolute atomic E-state index is 0.347. The highest BCUT2D eigenvalue weighted by atomic mass is 16.5. The van der Waals surface area contributed by atoms with Crippen LogP contribution in [-0.4, -0.2) is 24.2 Å². The fraction of sp³-hybridized carbons (Fsp3) is 0.182. The summed E-state index contributed by atoms with van der Waals surface area (Å²) in [6, 6.07) is 1.69. The lowest BCUT2D eigenvalue weighted by atomic mass is 10.4. The number of carbonyl (C=O) groups excluding carboxylic acids is 1. The van der Waals surface area contributed by atoms with Crippen molar-refractivity contribution in [3.63, 3.8) is 0 Å². The molecule has 0 rings (SSSR count). The lowest BCUT2D eigenvalue weighted by Gasteiger charge is -1.91. The minimum atomic E-state index is -0.981. The molecule has 16 heavy (non-hydrogen) atoms. The first-order valence-corrected chi connectivity index (χ1v) is 3.97. The Morgan fingerprint density at radius 3 is 1.75 bits per heavy atom. The Morgan fingerprint density at radius 1 is 1.44 bits per heavy atom. The number of carboxylic acid groups (broad SMARTS) is 1. The molecule has 0 spiro atoms. The van der Waals surface area contributed by atoms with Crippen molar-refractivity contribution in [2.45, 2.75) is 6.92 Å². The highest BCUT2D eigenvalue weighted by Gasteiger charge is 1.95. The van der Waals surface area contributed by atoms with E-state index in [9.17, 15) is 9.59 Å². The van der Waals surface area contributed by atoms with E-state index in [-0.39, 0.29) is 5.97 Å². The molecular formula is C11H15NO4. The quantitative estimate of drug-likeness (QED) is 0.439. The van der Waals surface area contributed by atoms with Crippen LogP contribution in [0.2, 0.25) is 0 Å². The molecule has 0 aromatic rings. The number of aliphatic carboxylic acids is 1. The molecule has 1 N–H and O–H groups in total. The third kappa shape index (κ3) is 29.9. The fourth-order valence-electron chi connectivity index (χ4n) is 0.174. The first-order chi connectivity index (χ1) is 7.37. The Labute approximate surface area is 95.0 Å². The van der Waals surface area contributed by atoms with Gasteiger partial charge in [-0.15, -0.1) is 0 Å². The number of hydrogen-bond donors (Lipinski definition) is 1. The van der Waals surface area contributed by atoms with E-state index in [4.69, 9.17) is 10.4 Å². The predicted octanol–water partition coefficient (Wildman–Crippen LogP) is 1.69. The molecule has 0 saturated carbocycles. The first kappa shape index (κ1) is 19.3. The summed E-state index contributed by atoms with van der Waals surface area (Å²) in [5.74, 6) is -1.33. The Morgan fingerprint density at radius 2 is 1.75 bits per heavy atom. The van der Waals surface area contributed by atoms with Gasteiger partial charge in [-0.05, 0) is 6.92 Å². The van der Waals surface area contributed by atoms with Crippen LogP contribution in [0.3, 0.4) is 0 Å². The standard InChI is InChI=1S/C5H8O2.C3H3N.C3H4O2/c1-4(2)5(6)7-3;1-2-3-4;1-2-3(4)5/h1H2,2-3H3;2H,1H2;2H,1H2,(H,4,5). The summed E-state index contributed by atoms with van der Waals surface area (Å²) in [5.41, 5.74) is 0.433. The molecule has 5 heteroatoms. The molecular weight excluding hydrogens is 210 g/mol. The number of nitrogens with zero attached hydrogens (tertiary/aromatic N) is 1. The van der Waals surface area contributed by atoms with E-state index >= 15 is 0 Å². The van der Waals surface area contributed by atoms with Crippen molar-refractivity contribution in [2.24, 2.45) is 0 Å². The van der Waals surface area contributed by atoms with Gasteiger partial charge in [0.2, 0.25) is 0 Å². The van der Waals surface area contributed by atoms with Gasteiger partial charge in [-0.2, -0.15) is 5.26 Å². The van der Waals surface area contributed by atoms with Crippen molar-refractivity contribution < 1.29 is 19.4 Å². The summed E-state index contributed by atoms with van der Waals surface area (Å²) in [5, 5.41) is 15.1. The molecule has 0 heterocycles. The largest absolute Gasteiger partial charge is 0.478 e. The molecule has 0 aliphatic carbocycles. The molecule has 0 aromatic heterocycles. The van der Waals surface area contributed by atoms with Gasteiger partial charge in [0.05, 0.1) is 13.2 Å². The van der Waals surface area contributed by atoms with E-state index in [0.717, 1.165) is 6.08 Å². The molecule has 0 fully saturated rings. The van der Waals surface area contributed by atoms with Crippen LogP contribution in [0, 0.1) is 11.3 Å². The number of carbonyl (C=O) groups is 2. The Bertz CT molecular complexity index is 300. The maximum absolute atomic E-state index is 10.2. The molecule has 0 atom stereocenters. The number of esters is 1. The zero-order valence-electron chi connectivity index (χ0n) is 9.40. The molecule has 5 nitrogen and oxygen atoms in total. The number of methoxy groups -OCH3 is 1. The molecule has 0 aliphatic rings. The van der Waals surface area contributed by atoms with E-state index in [2.05, 4.69) is 24.5 Å². The zero-order chi connectivity index (χ0) is 13.6. The monoisotopic (exact) mass is 225 g/mol. The maximum Gasteiger partial charge on any atom is 0.332 e. The third-order valence-corrected chi connectivity index (χ3v) is 0.800. The summed E-state index contributed by atoms with van der Waals surface area (Å²) in [7, 11) is 1.33. The summed E-state index contributed by atoms with van der Waals surface area (Å²) < 4.78 is 4.27. The smallest absolute Gasteiger partial charge is 0.332 e. The van der Waals surface area contributed by atoms with Crippen molar-refractivity contribution in [2.75, 3.05) is 7.11 Å². The van der Waals surface area contributed by atoms with Crippen LogP contribution in [0.4, 0.5) is 0 Å². The number of ether oxygens (including phenoxy) is 1. The van der Waals surface area contributed by atoms with Crippen molar-refractivity contribution in [1.82, 2.24) is 0 Å². The highest BCUT2D eigenvalue weighted by molar-refractivity contribution is 5.86. The van der Waals surface area contributed by atoms with Gasteiger partial charge in [-0.25, -0.2) is 9.59 Å². The average Bonchev–Trinajstić information content (AvgIpc) is 2.28. The van der Waals surface area contributed by atoms with Crippen LogP contribution >= 0.6 is 0 Å². The van der Waals surface area contributed by atoms with Crippen molar-refractivity contribution in [1.29, 1.82) is 5.26 Å². The summed E-state index contributed by atoms with van der Waals surface area (Å²) >= 11 is 0. The SMILES string of the molecule is C=C(C)C(=O)OC.C=CC#N.C=CC(=O)O. The van der Waals surface area contributed by atoms with E-state index in [1.807, 2.05) is 0 Å². The van der Waals surface area contributed by atoms with Crippen molar-refractivity contribution >= 4 is 11.9 Å².